The molecule has 24 heavy (non-hydrogen) atoms. The Morgan fingerprint density at radius 2 is 1.83 bits per heavy atom. The van der Waals surface area contributed by atoms with Gasteiger partial charge in [0.2, 0.25) is 0 Å². The van der Waals surface area contributed by atoms with Crippen molar-refractivity contribution in [3.63, 3.8) is 0 Å². The number of hydrogen-bond donors (Lipinski definition) is 1. The lowest BCUT2D eigenvalue weighted by Crippen LogP contribution is -2.39. The highest BCUT2D eigenvalue weighted by Crippen LogP contribution is 2.22. The summed E-state index contributed by atoms with van der Waals surface area (Å²) in [6, 6.07) is 7.22. The van der Waals surface area contributed by atoms with Crippen molar-refractivity contribution in [2.75, 3.05) is 13.7 Å². The Morgan fingerprint density at radius 1 is 1.17 bits per heavy atom. The zero-order valence-corrected chi connectivity index (χ0v) is 14.5. The number of carbonyl (C=O) groups excluding carboxylic acids is 2. The number of ether oxygens (including phenoxy) is 2. The van der Waals surface area contributed by atoms with Crippen molar-refractivity contribution < 1.29 is 19.1 Å². The molecular weight excluding hydrogens is 306 g/mol. The molecule has 1 aromatic rings. The maximum absolute atomic E-state index is 12.1. The van der Waals surface area contributed by atoms with Crippen molar-refractivity contribution in [2.45, 2.75) is 51.6 Å². The van der Waals surface area contributed by atoms with Crippen LogP contribution in [0, 0.1) is 5.92 Å². The van der Waals surface area contributed by atoms with E-state index in [2.05, 4.69) is 5.32 Å². The smallest absolute Gasteiger partial charge is 0.311 e. The normalized spacial score (nSPS) is 16.2. The van der Waals surface area contributed by atoms with Gasteiger partial charge in [0, 0.05) is 6.54 Å². The van der Waals surface area contributed by atoms with Crippen LogP contribution in [0.25, 0.3) is 0 Å². The maximum atomic E-state index is 12.1. The van der Waals surface area contributed by atoms with E-state index in [1.165, 1.54) is 32.1 Å². The van der Waals surface area contributed by atoms with Gasteiger partial charge in [0.15, 0.2) is 6.10 Å². The van der Waals surface area contributed by atoms with Crippen LogP contribution in [0.1, 0.15) is 44.6 Å². The number of nitrogens with one attached hydrogen (secondary N) is 1. The lowest BCUT2D eigenvalue weighted by molar-refractivity contribution is -0.154. The zero-order valence-electron chi connectivity index (χ0n) is 14.5. The van der Waals surface area contributed by atoms with Gasteiger partial charge >= 0.3 is 5.97 Å². The van der Waals surface area contributed by atoms with Crippen LogP contribution in [-0.4, -0.2) is 31.6 Å². The first-order valence-electron chi connectivity index (χ1n) is 8.68. The molecule has 1 fully saturated rings. The number of carbonyl (C=O) groups is 2. The van der Waals surface area contributed by atoms with Crippen LogP contribution >= 0.6 is 0 Å². The van der Waals surface area contributed by atoms with Crippen LogP contribution in [0.4, 0.5) is 0 Å². The SMILES string of the molecule is COc1ccc(CC(=O)O[C@@H](C)C(=O)NCC2CCCCC2)cc1. The molecule has 1 amide bonds. The topological polar surface area (TPSA) is 64.6 Å². The molecule has 0 radical (unpaired) electrons. The first-order chi connectivity index (χ1) is 11.6. The van der Waals surface area contributed by atoms with E-state index in [0.29, 0.717) is 12.5 Å². The molecule has 132 valence electrons. The number of benzene rings is 1. The zero-order chi connectivity index (χ0) is 17.4. The first kappa shape index (κ1) is 18.3. The van der Waals surface area contributed by atoms with Gasteiger partial charge in [-0.2, -0.15) is 0 Å². The van der Waals surface area contributed by atoms with E-state index in [-0.39, 0.29) is 12.3 Å². The molecule has 0 heterocycles. The molecule has 0 saturated heterocycles. The monoisotopic (exact) mass is 333 g/mol. The van der Waals surface area contributed by atoms with Crippen molar-refractivity contribution in [3.05, 3.63) is 29.8 Å². The number of esters is 1. The number of methoxy groups -OCH3 is 1. The molecular formula is C19H27NO4. The molecule has 5 heteroatoms. The number of hydrogen-bond acceptors (Lipinski definition) is 4. The lowest BCUT2D eigenvalue weighted by atomic mass is 9.89. The maximum Gasteiger partial charge on any atom is 0.311 e. The highest BCUT2D eigenvalue weighted by molar-refractivity contribution is 5.83. The van der Waals surface area contributed by atoms with Gasteiger partial charge in [0.1, 0.15) is 5.75 Å². The molecule has 5 nitrogen and oxygen atoms in total. The summed E-state index contributed by atoms with van der Waals surface area (Å²) in [5.74, 6) is 0.677. The fraction of sp³-hybridized carbons (Fsp3) is 0.579. The molecule has 1 aliphatic rings. The van der Waals surface area contributed by atoms with Crippen molar-refractivity contribution in [2.24, 2.45) is 5.92 Å². The minimum Gasteiger partial charge on any atom is -0.497 e. The van der Waals surface area contributed by atoms with E-state index < -0.39 is 12.1 Å². The van der Waals surface area contributed by atoms with Crippen LogP contribution in [0.15, 0.2) is 24.3 Å². The van der Waals surface area contributed by atoms with Crippen molar-refractivity contribution >= 4 is 11.9 Å². The summed E-state index contributed by atoms with van der Waals surface area (Å²) >= 11 is 0. The lowest BCUT2D eigenvalue weighted by Gasteiger charge is -2.22. The van der Waals surface area contributed by atoms with Gasteiger partial charge in [-0.05, 0) is 43.4 Å². The fourth-order valence-corrected chi connectivity index (χ4v) is 2.98. The van der Waals surface area contributed by atoms with E-state index >= 15 is 0 Å². The van der Waals surface area contributed by atoms with Crippen LogP contribution in [0.3, 0.4) is 0 Å². The molecule has 1 aliphatic carbocycles. The second-order valence-corrected chi connectivity index (χ2v) is 6.41. The molecule has 1 aromatic carbocycles. The van der Waals surface area contributed by atoms with Gasteiger partial charge in [0.25, 0.3) is 5.91 Å². The van der Waals surface area contributed by atoms with Crippen molar-refractivity contribution in [1.29, 1.82) is 0 Å². The van der Waals surface area contributed by atoms with Gasteiger partial charge < -0.3 is 14.8 Å². The average molecular weight is 333 g/mol. The third-order valence-electron chi connectivity index (χ3n) is 4.47. The van der Waals surface area contributed by atoms with Crippen LogP contribution < -0.4 is 10.1 Å². The molecule has 2 rings (SSSR count). The van der Waals surface area contributed by atoms with Crippen molar-refractivity contribution in [1.82, 2.24) is 5.32 Å². The summed E-state index contributed by atoms with van der Waals surface area (Å²) in [5, 5.41) is 2.90. The van der Waals surface area contributed by atoms with E-state index in [4.69, 9.17) is 9.47 Å². The first-order valence-corrected chi connectivity index (χ1v) is 8.68. The average Bonchev–Trinajstić information content (AvgIpc) is 2.61. The Labute approximate surface area is 143 Å². The minimum absolute atomic E-state index is 0.143. The summed E-state index contributed by atoms with van der Waals surface area (Å²) in [6.45, 7) is 2.29. The summed E-state index contributed by atoms with van der Waals surface area (Å²) < 4.78 is 10.3. The predicted octanol–water partition coefficient (Wildman–Crippen LogP) is 2.87. The fourth-order valence-electron chi connectivity index (χ4n) is 2.98. The second kappa shape index (κ2) is 9.30. The standard InChI is InChI=1S/C19H27NO4/c1-14(19(22)20-13-16-6-4-3-5-7-16)24-18(21)12-15-8-10-17(23-2)11-9-15/h8-11,14,16H,3-7,12-13H2,1-2H3,(H,20,22)/t14-/m0/s1. The van der Waals surface area contributed by atoms with Crippen LogP contribution in [0.5, 0.6) is 5.75 Å². The Balaban J connectivity index is 1.72. The molecule has 0 aromatic heterocycles. The van der Waals surface area contributed by atoms with Gasteiger partial charge in [-0.3, -0.25) is 9.59 Å². The van der Waals surface area contributed by atoms with Crippen LogP contribution in [0.2, 0.25) is 0 Å². The third-order valence-corrected chi connectivity index (χ3v) is 4.47. The van der Waals surface area contributed by atoms with Gasteiger partial charge in [-0.1, -0.05) is 31.4 Å². The van der Waals surface area contributed by atoms with E-state index in [0.717, 1.165) is 11.3 Å². The molecule has 0 aliphatic heterocycles. The van der Waals surface area contributed by atoms with Crippen molar-refractivity contribution in [3.8, 4) is 5.75 Å². The molecule has 1 atom stereocenters. The number of amides is 1. The predicted molar refractivity (Wildman–Crippen MR) is 91.8 cm³/mol. The molecule has 0 spiro atoms. The van der Waals surface area contributed by atoms with Gasteiger partial charge in [0.05, 0.1) is 13.5 Å². The molecule has 0 bridgehead atoms. The molecule has 0 unspecified atom stereocenters. The Bertz CT molecular complexity index is 535. The third kappa shape index (κ3) is 5.87. The highest BCUT2D eigenvalue weighted by Gasteiger charge is 2.20. The quantitative estimate of drug-likeness (QED) is 0.779. The molecule has 1 N–H and O–H groups in total. The second-order valence-electron chi connectivity index (χ2n) is 6.41. The Hall–Kier alpha value is -2.04. The van der Waals surface area contributed by atoms with Gasteiger partial charge in [-0.25, -0.2) is 0 Å². The van der Waals surface area contributed by atoms with E-state index in [1.807, 2.05) is 12.1 Å². The Kier molecular flexibility index (Phi) is 7.09. The summed E-state index contributed by atoms with van der Waals surface area (Å²) in [6.07, 6.45) is 5.51. The van der Waals surface area contributed by atoms with E-state index in [9.17, 15) is 9.59 Å². The molecule has 1 saturated carbocycles. The Morgan fingerprint density at radius 3 is 2.46 bits per heavy atom. The van der Waals surface area contributed by atoms with E-state index in [1.54, 1.807) is 26.2 Å². The minimum atomic E-state index is -0.765. The van der Waals surface area contributed by atoms with Gasteiger partial charge in [-0.15, -0.1) is 0 Å². The number of rotatable bonds is 7. The van der Waals surface area contributed by atoms with Crippen LogP contribution in [-0.2, 0) is 20.7 Å². The summed E-state index contributed by atoms with van der Waals surface area (Å²) in [7, 11) is 1.59. The summed E-state index contributed by atoms with van der Waals surface area (Å²) in [4.78, 5) is 24.0. The highest BCUT2D eigenvalue weighted by atomic mass is 16.5. The largest absolute Gasteiger partial charge is 0.497 e. The summed E-state index contributed by atoms with van der Waals surface area (Å²) in [5.41, 5.74) is 0.829.